The monoisotopic (exact) mass is 356 g/mol. The fraction of sp³-hybridized carbons (Fsp3) is 0.0556. The molecule has 0 saturated carbocycles. The van der Waals surface area contributed by atoms with E-state index < -0.39 is 15.9 Å². The Morgan fingerprint density at radius 3 is 2.24 bits per heavy atom. The summed E-state index contributed by atoms with van der Waals surface area (Å²) in [6.45, 7) is 0. The maximum absolute atomic E-state index is 12.9. The van der Waals surface area contributed by atoms with Gasteiger partial charge in [-0.25, -0.2) is 13.9 Å². The van der Waals surface area contributed by atoms with Gasteiger partial charge in [-0.3, -0.25) is 14.3 Å². The standard InChI is InChI=1S/C18H16N2O4S/c1-20(16-9-6-14(7-10-16)18(21)19-22)25(23,24)17-11-8-13-4-2-3-5-15(13)12-17/h2-12,22H,1H3,(H,19,21). The van der Waals surface area contributed by atoms with Gasteiger partial charge in [-0.15, -0.1) is 0 Å². The molecule has 25 heavy (non-hydrogen) atoms. The van der Waals surface area contributed by atoms with Gasteiger partial charge in [0.25, 0.3) is 15.9 Å². The molecule has 0 fully saturated rings. The second kappa shape index (κ2) is 6.54. The Balaban J connectivity index is 1.96. The van der Waals surface area contributed by atoms with Gasteiger partial charge < -0.3 is 0 Å². The number of rotatable bonds is 4. The summed E-state index contributed by atoms with van der Waals surface area (Å²) in [6.07, 6.45) is 0. The van der Waals surface area contributed by atoms with Crippen LogP contribution in [0.5, 0.6) is 0 Å². The molecule has 0 saturated heterocycles. The van der Waals surface area contributed by atoms with Crippen LogP contribution in [-0.2, 0) is 10.0 Å². The lowest BCUT2D eigenvalue weighted by Crippen LogP contribution is -2.26. The highest BCUT2D eigenvalue weighted by molar-refractivity contribution is 7.92. The van der Waals surface area contributed by atoms with Crippen LogP contribution in [0.15, 0.2) is 71.6 Å². The van der Waals surface area contributed by atoms with Crippen molar-refractivity contribution in [2.24, 2.45) is 0 Å². The number of carbonyl (C=O) groups excluding carboxylic acids is 1. The van der Waals surface area contributed by atoms with Crippen LogP contribution in [-0.4, -0.2) is 26.6 Å². The quantitative estimate of drug-likeness (QED) is 0.556. The van der Waals surface area contributed by atoms with Gasteiger partial charge in [-0.05, 0) is 47.2 Å². The molecule has 128 valence electrons. The first kappa shape index (κ1) is 16.9. The molecule has 0 radical (unpaired) electrons. The molecule has 2 N–H and O–H groups in total. The molecular formula is C18H16N2O4S. The fourth-order valence-corrected chi connectivity index (χ4v) is 3.74. The van der Waals surface area contributed by atoms with Crippen LogP contribution < -0.4 is 9.79 Å². The molecule has 0 bridgehead atoms. The summed E-state index contributed by atoms with van der Waals surface area (Å²) in [5, 5.41) is 10.4. The minimum absolute atomic E-state index is 0.186. The number of nitrogens with zero attached hydrogens (tertiary/aromatic N) is 1. The molecule has 1 amide bonds. The van der Waals surface area contributed by atoms with E-state index in [1.807, 2.05) is 24.3 Å². The average molecular weight is 356 g/mol. The van der Waals surface area contributed by atoms with Crippen LogP contribution in [0.2, 0.25) is 0 Å². The number of sulfonamides is 1. The molecule has 0 aliphatic rings. The molecule has 0 unspecified atom stereocenters. The molecule has 6 nitrogen and oxygen atoms in total. The van der Waals surface area contributed by atoms with E-state index >= 15 is 0 Å². The third-order valence-electron chi connectivity index (χ3n) is 3.97. The van der Waals surface area contributed by atoms with Gasteiger partial charge in [-0.2, -0.15) is 0 Å². The molecule has 0 atom stereocenters. The predicted molar refractivity (Wildman–Crippen MR) is 95.2 cm³/mol. The highest BCUT2D eigenvalue weighted by Crippen LogP contribution is 2.25. The van der Waals surface area contributed by atoms with Gasteiger partial charge in [0.2, 0.25) is 0 Å². The summed E-state index contributed by atoms with van der Waals surface area (Å²) in [5.41, 5.74) is 2.16. The van der Waals surface area contributed by atoms with Crippen molar-refractivity contribution in [3.8, 4) is 0 Å². The average Bonchev–Trinajstić information content (AvgIpc) is 2.66. The van der Waals surface area contributed by atoms with Gasteiger partial charge in [-0.1, -0.05) is 30.3 Å². The van der Waals surface area contributed by atoms with E-state index in [-0.39, 0.29) is 10.5 Å². The number of anilines is 1. The Morgan fingerprint density at radius 2 is 1.60 bits per heavy atom. The number of carbonyl (C=O) groups is 1. The lowest BCUT2D eigenvalue weighted by Gasteiger charge is -2.20. The molecule has 0 aliphatic carbocycles. The zero-order chi connectivity index (χ0) is 18.0. The van der Waals surface area contributed by atoms with E-state index in [9.17, 15) is 13.2 Å². The third-order valence-corrected chi connectivity index (χ3v) is 5.76. The van der Waals surface area contributed by atoms with Gasteiger partial charge in [0.15, 0.2) is 0 Å². The lowest BCUT2D eigenvalue weighted by molar-refractivity contribution is 0.0706. The molecule has 7 heteroatoms. The van der Waals surface area contributed by atoms with Crippen molar-refractivity contribution in [2.75, 3.05) is 11.4 Å². The first-order chi connectivity index (χ1) is 11.9. The second-order valence-corrected chi connectivity index (χ2v) is 7.44. The lowest BCUT2D eigenvalue weighted by atomic mass is 10.1. The SMILES string of the molecule is CN(c1ccc(C(=O)NO)cc1)S(=O)(=O)c1ccc2ccccc2c1. The van der Waals surface area contributed by atoms with Crippen molar-refractivity contribution in [2.45, 2.75) is 4.90 Å². The van der Waals surface area contributed by atoms with Gasteiger partial charge in [0.05, 0.1) is 10.6 Å². The number of amides is 1. The van der Waals surface area contributed by atoms with Crippen molar-refractivity contribution < 1.29 is 18.4 Å². The number of hydroxylamine groups is 1. The minimum Gasteiger partial charge on any atom is -0.288 e. The zero-order valence-corrected chi connectivity index (χ0v) is 14.2. The van der Waals surface area contributed by atoms with Crippen molar-refractivity contribution in [1.82, 2.24) is 5.48 Å². The maximum Gasteiger partial charge on any atom is 0.274 e. The van der Waals surface area contributed by atoms with Crippen LogP contribution in [0.25, 0.3) is 10.8 Å². The first-order valence-electron chi connectivity index (χ1n) is 7.46. The number of hydrogen-bond donors (Lipinski definition) is 2. The Bertz CT molecular complexity index is 1030. The van der Waals surface area contributed by atoms with Crippen LogP contribution in [0.3, 0.4) is 0 Å². The Labute approximate surface area is 145 Å². The van der Waals surface area contributed by atoms with Crippen molar-refractivity contribution in [3.63, 3.8) is 0 Å². The molecule has 3 aromatic rings. The van der Waals surface area contributed by atoms with E-state index in [1.165, 1.54) is 36.8 Å². The molecule has 0 aliphatic heterocycles. The molecule has 0 aromatic heterocycles. The smallest absolute Gasteiger partial charge is 0.274 e. The highest BCUT2D eigenvalue weighted by Gasteiger charge is 2.21. The Kier molecular flexibility index (Phi) is 4.43. The molecule has 0 heterocycles. The Morgan fingerprint density at radius 1 is 0.960 bits per heavy atom. The van der Waals surface area contributed by atoms with Gasteiger partial charge >= 0.3 is 0 Å². The summed E-state index contributed by atoms with van der Waals surface area (Å²) < 4.78 is 26.9. The largest absolute Gasteiger partial charge is 0.288 e. The number of fused-ring (bicyclic) bond motifs is 1. The summed E-state index contributed by atoms with van der Waals surface area (Å²) in [5.74, 6) is -0.661. The van der Waals surface area contributed by atoms with E-state index in [0.717, 1.165) is 15.1 Å². The topological polar surface area (TPSA) is 86.7 Å². The van der Waals surface area contributed by atoms with Crippen molar-refractivity contribution >= 4 is 32.4 Å². The van der Waals surface area contributed by atoms with Crippen LogP contribution in [0.1, 0.15) is 10.4 Å². The number of benzene rings is 3. The highest BCUT2D eigenvalue weighted by atomic mass is 32.2. The Hall–Kier alpha value is -2.90. The third kappa shape index (κ3) is 3.19. The maximum atomic E-state index is 12.9. The summed E-state index contributed by atoms with van der Waals surface area (Å²) in [4.78, 5) is 11.5. The predicted octanol–water partition coefficient (Wildman–Crippen LogP) is 2.78. The van der Waals surface area contributed by atoms with Crippen molar-refractivity contribution in [1.29, 1.82) is 0 Å². The molecule has 3 aromatic carbocycles. The first-order valence-corrected chi connectivity index (χ1v) is 8.90. The van der Waals surface area contributed by atoms with E-state index in [4.69, 9.17) is 5.21 Å². The number of nitrogens with one attached hydrogen (secondary N) is 1. The van der Waals surface area contributed by atoms with E-state index in [1.54, 1.807) is 18.2 Å². The zero-order valence-electron chi connectivity index (χ0n) is 13.4. The summed E-state index contributed by atoms with van der Waals surface area (Å²) in [6, 6.07) is 18.4. The van der Waals surface area contributed by atoms with Crippen molar-refractivity contribution in [3.05, 3.63) is 72.3 Å². The molecular weight excluding hydrogens is 340 g/mol. The van der Waals surface area contributed by atoms with Crippen LogP contribution in [0.4, 0.5) is 5.69 Å². The summed E-state index contributed by atoms with van der Waals surface area (Å²) in [7, 11) is -2.29. The fourth-order valence-electron chi connectivity index (χ4n) is 2.51. The van der Waals surface area contributed by atoms with Crippen LogP contribution >= 0.6 is 0 Å². The van der Waals surface area contributed by atoms with Crippen LogP contribution in [0, 0.1) is 0 Å². The second-order valence-electron chi connectivity index (χ2n) is 5.47. The summed E-state index contributed by atoms with van der Waals surface area (Å²) >= 11 is 0. The molecule has 0 spiro atoms. The normalized spacial score (nSPS) is 11.3. The van der Waals surface area contributed by atoms with Gasteiger partial charge in [0, 0.05) is 12.6 Å². The van der Waals surface area contributed by atoms with E-state index in [0.29, 0.717) is 5.69 Å². The van der Waals surface area contributed by atoms with E-state index in [2.05, 4.69) is 0 Å². The molecule has 3 rings (SSSR count). The van der Waals surface area contributed by atoms with Gasteiger partial charge in [0.1, 0.15) is 0 Å². The minimum atomic E-state index is -3.74. The number of hydrogen-bond acceptors (Lipinski definition) is 4.